The second-order valence-corrected chi connectivity index (χ2v) is 6.69. The number of ketones is 1. The predicted octanol–water partition coefficient (Wildman–Crippen LogP) is 2.20. The summed E-state index contributed by atoms with van der Waals surface area (Å²) in [5.74, 6) is 3.80. The lowest BCUT2D eigenvalue weighted by Gasteiger charge is -2.41. The monoisotopic (exact) mass is 244 g/mol. The van der Waals surface area contributed by atoms with E-state index in [0.29, 0.717) is 29.6 Å². The molecule has 0 aliphatic heterocycles. The molecule has 0 radical (unpaired) electrons. The second-order valence-electron chi connectivity index (χ2n) is 6.69. The quantitative estimate of drug-likeness (QED) is 0.663. The zero-order chi connectivity index (χ0) is 12.4. The smallest absolute Gasteiger partial charge is 0.184 e. The van der Waals surface area contributed by atoms with Crippen molar-refractivity contribution in [1.82, 2.24) is 0 Å². The molecule has 0 unspecified atom stereocenters. The second kappa shape index (κ2) is 3.57. The van der Waals surface area contributed by atoms with Gasteiger partial charge in [0.15, 0.2) is 5.78 Å². The van der Waals surface area contributed by atoms with Crippen LogP contribution in [0, 0.1) is 41.4 Å². The molecular formula is C16H20O2. The minimum Gasteiger partial charge on any atom is -0.385 e. The van der Waals surface area contributed by atoms with Crippen molar-refractivity contribution >= 4 is 5.78 Å². The topological polar surface area (TPSA) is 37.3 Å². The zero-order valence-corrected chi connectivity index (χ0v) is 10.7. The number of carbonyl (C=O) groups is 1. The molecule has 8 atom stereocenters. The van der Waals surface area contributed by atoms with Crippen molar-refractivity contribution in [1.29, 1.82) is 0 Å². The van der Waals surface area contributed by atoms with Gasteiger partial charge in [-0.15, -0.1) is 0 Å². The number of aliphatic hydroxyl groups is 1. The highest BCUT2D eigenvalue weighted by Gasteiger charge is 2.61. The Morgan fingerprint density at radius 3 is 2.83 bits per heavy atom. The SMILES string of the molecule is C[C@H]1C=CC(=O)[C@H](O)[C@@H]2[C@@H]3C[C@H]([C@@H]4C=CC[C@@H]43)[C@@H]21. The van der Waals surface area contributed by atoms with E-state index in [1.165, 1.54) is 6.42 Å². The number of carbonyl (C=O) groups excluding carboxylic acids is 1. The lowest BCUT2D eigenvalue weighted by atomic mass is 9.64. The van der Waals surface area contributed by atoms with Crippen molar-refractivity contribution in [3.63, 3.8) is 0 Å². The normalized spacial score (nSPS) is 56.7. The van der Waals surface area contributed by atoms with Crippen molar-refractivity contribution in [2.45, 2.75) is 25.9 Å². The van der Waals surface area contributed by atoms with E-state index in [1.807, 2.05) is 6.08 Å². The van der Waals surface area contributed by atoms with Gasteiger partial charge in [-0.2, -0.15) is 0 Å². The molecule has 96 valence electrons. The van der Waals surface area contributed by atoms with E-state index < -0.39 is 6.10 Å². The molecule has 2 heteroatoms. The first-order valence-corrected chi connectivity index (χ1v) is 7.25. The van der Waals surface area contributed by atoms with Crippen LogP contribution in [0.1, 0.15) is 19.8 Å². The van der Waals surface area contributed by atoms with Crippen LogP contribution >= 0.6 is 0 Å². The van der Waals surface area contributed by atoms with Gasteiger partial charge in [-0.25, -0.2) is 0 Å². The minimum atomic E-state index is -0.743. The number of hydrogen-bond acceptors (Lipinski definition) is 2. The third kappa shape index (κ3) is 1.20. The predicted molar refractivity (Wildman–Crippen MR) is 68.6 cm³/mol. The van der Waals surface area contributed by atoms with Gasteiger partial charge in [0.2, 0.25) is 0 Å². The Kier molecular flexibility index (Phi) is 2.18. The molecule has 0 saturated heterocycles. The molecule has 1 N–H and O–H groups in total. The van der Waals surface area contributed by atoms with Gasteiger partial charge in [0, 0.05) is 0 Å². The van der Waals surface area contributed by atoms with Gasteiger partial charge in [-0.3, -0.25) is 4.79 Å². The molecule has 4 aliphatic carbocycles. The van der Waals surface area contributed by atoms with Crippen molar-refractivity contribution in [3.8, 4) is 0 Å². The first-order valence-electron chi connectivity index (χ1n) is 7.25. The highest BCUT2D eigenvalue weighted by molar-refractivity contribution is 5.94. The maximum Gasteiger partial charge on any atom is 0.184 e. The van der Waals surface area contributed by atoms with Gasteiger partial charge < -0.3 is 5.11 Å². The summed E-state index contributed by atoms with van der Waals surface area (Å²) in [6, 6.07) is 0. The van der Waals surface area contributed by atoms with Crippen molar-refractivity contribution in [2.75, 3.05) is 0 Å². The molecule has 18 heavy (non-hydrogen) atoms. The third-order valence-electron chi connectivity index (χ3n) is 6.11. The molecule has 0 spiro atoms. The van der Waals surface area contributed by atoms with E-state index in [2.05, 4.69) is 19.1 Å². The first kappa shape index (κ1) is 11.0. The van der Waals surface area contributed by atoms with Gasteiger partial charge in [-0.05, 0) is 60.3 Å². The Morgan fingerprint density at radius 1 is 1.17 bits per heavy atom. The van der Waals surface area contributed by atoms with E-state index in [-0.39, 0.29) is 11.7 Å². The molecule has 4 rings (SSSR count). The number of rotatable bonds is 0. The van der Waals surface area contributed by atoms with Crippen molar-refractivity contribution in [2.24, 2.45) is 41.4 Å². The fourth-order valence-corrected chi connectivity index (χ4v) is 5.53. The van der Waals surface area contributed by atoms with Crippen LogP contribution in [0.5, 0.6) is 0 Å². The fourth-order valence-electron chi connectivity index (χ4n) is 5.53. The van der Waals surface area contributed by atoms with E-state index in [4.69, 9.17) is 0 Å². The lowest BCUT2D eigenvalue weighted by Crippen LogP contribution is -2.42. The molecule has 0 amide bonds. The minimum absolute atomic E-state index is 0.0654. The molecule has 0 aromatic rings. The van der Waals surface area contributed by atoms with Crippen LogP contribution in [-0.4, -0.2) is 17.0 Å². The number of aliphatic hydroxyl groups excluding tert-OH is 1. The Labute approximate surface area is 108 Å². The Hall–Kier alpha value is -0.890. The number of allylic oxidation sites excluding steroid dienone is 3. The molecule has 0 aromatic heterocycles. The van der Waals surface area contributed by atoms with Crippen LogP contribution in [0.15, 0.2) is 24.3 Å². The van der Waals surface area contributed by atoms with Gasteiger partial charge in [0.05, 0.1) is 0 Å². The van der Waals surface area contributed by atoms with Gasteiger partial charge >= 0.3 is 0 Å². The molecular weight excluding hydrogens is 224 g/mol. The van der Waals surface area contributed by atoms with Crippen LogP contribution in [0.2, 0.25) is 0 Å². The summed E-state index contributed by atoms with van der Waals surface area (Å²) in [7, 11) is 0. The number of fused-ring (bicyclic) bond motifs is 8. The number of hydrogen-bond donors (Lipinski definition) is 1. The molecule has 0 heterocycles. The van der Waals surface area contributed by atoms with Crippen LogP contribution in [0.3, 0.4) is 0 Å². The standard InChI is InChI=1S/C16H20O2/c1-8-5-6-13(17)16(18)15-12-7-11(14(8)15)9-3-2-4-10(9)12/h2-3,5-6,8-12,14-16,18H,4,7H2,1H3/t8-,9+,10-,11+,12+,14-,15+,16-/m0/s1. The highest BCUT2D eigenvalue weighted by Crippen LogP contribution is 2.64. The Bertz CT molecular complexity index is 450. The molecule has 2 nitrogen and oxygen atoms in total. The summed E-state index contributed by atoms with van der Waals surface area (Å²) in [6.07, 6.45) is 10.0. The summed E-state index contributed by atoms with van der Waals surface area (Å²) in [4.78, 5) is 11.9. The molecule has 4 aliphatic rings. The lowest BCUT2D eigenvalue weighted by molar-refractivity contribution is -0.128. The van der Waals surface area contributed by atoms with Crippen LogP contribution in [0.25, 0.3) is 0 Å². The maximum absolute atomic E-state index is 11.9. The van der Waals surface area contributed by atoms with Crippen LogP contribution in [-0.2, 0) is 4.79 Å². The summed E-state index contributed by atoms with van der Waals surface area (Å²) in [6.45, 7) is 2.22. The van der Waals surface area contributed by atoms with Crippen LogP contribution < -0.4 is 0 Å². The van der Waals surface area contributed by atoms with Crippen molar-refractivity contribution < 1.29 is 9.90 Å². The fraction of sp³-hybridized carbons (Fsp3) is 0.688. The van der Waals surface area contributed by atoms with E-state index in [1.54, 1.807) is 6.08 Å². The average molecular weight is 244 g/mol. The van der Waals surface area contributed by atoms with Gasteiger partial charge in [0.1, 0.15) is 6.10 Å². The Balaban J connectivity index is 1.76. The summed E-state index contributed by atoms with van der Waals surface area (Å²) >= 11 is 0. The highest BCUT2D eigenvalue weighted by atomic mass is 16.3. The van der Waals surface area contributed by atoms with E-state index >= 15 is 0 Å². The third-order valence-corrected chi connectivity index (χ3v) is 6.11. The van der Waals surface area contributed by atoms with Crippen LogP contribution in [0.4, 0.5) is 0 Å². The summed E-state index contributed by atoms with van der Waals surface area (Å²) < 4.78 is 0. The largest absolute Gasteiger partial charge is 0.385 e. The molecule has 2 fully saturated rings. The maximum atomic E-state index is 11.9. The Morgan fingerprint density at radius 2 is 2.00 bits per heavy atom. The van der Waals surface area contributed by atoms with Gasteiger partial charge in [-0.1, -0.05) is 25.2 Å². The first-order chi connectivity index (χ1) is 8.68. The zero-order valence-electron chi connectivity index (χ0n) is 10.7. The van der Waals surface area contributed by atoms with Crippen molar-refractivity contribution in [3.05, 3.63) is 24.3 Å². The average Bonchev–Trinajstić information content (AvgIpc) is 3.01. The molecule has 0 aromatic carbocycles. The van der Waals surface area contributed by atoms with E-state index in [0.717, 1.165) is 12.3 Å². The molecule has 2 bridgehead atoms. The molecule has 2 saturated carbocycles. The summed E-state index contributed by atoms with van der Waals surface area (Å²) in [5, 5.41) is 10.4. The van der Waals surface area contributed by atoms with E-state index in [9.17, 15) is 9.90 Å². The summed E-state index contributed by atoms with van der Waals surface area (Å²) in [5.41, 5.74) is 0. The van der Waals surface area contributed by atoms with Gasteiger partial charge in [0.25, 0.3) is 0 Å².